The highest BCUT2D eigenvalue weighted by Crippen LogP contribution is 2.40. The first-order valence-electron chi connectivity index (χ1n) is 6.34. The highest BCUT2D eigenvalue weighted by molar-refractivity contribution is 5.52. The number of aliphatic hydroxyl groups is 2. The maximum Gasteiger partial charge on any atom is 0.125 e. The zero-order valence-electron chi connectivity index (χ0n) is 11.7. The number of aliphatic hydroxyl groups excluding tert-OH is 2. The fourth-order valence-electron chi connectivity index (χ4n) is 2.14. The fraction of sp³-hybridized carbons (Fsp3) is 0.467. The number of hydrogen-bond donors (Lipinski definition) is 2. The average Bonchev–Trinajstić information content (AvgIpc) is 2.44. The lowest BCUT2D eigenvalue weighted by molar-refractivity contribution is 0.153. The third-order valence-electron chi connectivity index (χ3n) is 3.06. The highest BCUT2D eigenvalue weighted by atomic mass is 16.5. The molecule has 0 aliphatic rings. The van der Waals surface area contributed by atoms with Gasteiger partial charge in [-0.1, -0.05) is 19.4 Å². The fourth-order valence-corrected chi connectivity index (χ4v) is 2.14. The summed E-state index contributed by atoms with van der Waals surface area (Å²) in [6.07, 6.45) is 1.19. The Morgan fingerprint density at radius 1 is 1.16 bits per heavy atom. The van der Waals surface area contributed by atoms with Crippen LogP contribution in [0.4, 0.5) is 0 Å². The van der Waals surface area contributed by atoms with Crippen LogP contribution in [0.2, 0.25) is 0 Å². The van der Waals surface area contributed by atoms with Crippen molar-refractivity contribution in [1.82, 2.24) is 0 Å². The van der Waals surface area contributed by atoms with Gasteiger partial charge in [-0.05, 0) is 18.6 Å². The van der Waals surface area contributed by atoms with Gasteiger partial charge in [-0.3, -0.25) is 0 Å². The van der Waals surface area contributed by atoms with Gasteiger partial charge in [0.25, 0.3) is 0 Å². The van der Waals surface area contributed by atoms with Crippen LogP contribution in [0.1, 0.15) is 43.1 Å². The highest BCUT2D eigenvalue weighted by Gasteiger charge is 2.24. The maximum absolute atomic E-state index is 10.3. The molecule has 0 aromatic heterocycles. The summed E-state index contributed by atoms with van der Waals surface area (Å²) >= 11 is 0. The molecular weight excluding hydrogens is 244 g/mol. The van der Waals surface area contributed by atoms with E-state index in [1.807, 2.05) is 6.92 Å². The van der Waals surface area contributed by atoms with Gasteiger partial charge in [0.15, 0.2) is 0 Å². The van der Waals surface area contributed by atoms with Gasteiger partial charge in [0.05, 0.1) is 20.3 Å². The van der Waals surface area contributed by atoms with Gasteiger partial charge >= 0.3 is 0 Å². The van der Waals surface area contributed by atoms with Crippen LogP contribution in [-0.2, 0) is 0 Å². The van der Waals surface area contributed by atoms with E-state index in [2.05, 4.69) is 6.58 Å². The summed E-state index contributed by atoms with van der Waals surface area (Å²) in [7, 11) is 3.06. The summed E-state index contributed by atoms with van der Waals surface area (Å²) in [6, 6.07) is 3.44. The standard InChI is InChI=1S/C15H22O4/c1-5-7-11(17)15-13(19-4)9-8-12(18-3)14(15)10(16)6-2/h6,8-11,16-17H,2,5,7H2,1,3-4H3/t10-,11-/m1/s1. The molecule has 106 valence electrons. The molecule has 0 aliphatic carbocycles. The summed E-state index contributed by atoms with van der Waals surface area (Å²) in [5.74, 6) is 1.05. The van der Waals surface area contributed by atoms with Crippen LogP contribution in [0.15, 0.2) is 24.8 Å². The second-order valence-corrected chi connectivity index (χ2v) is 4.28. The Hall–Kier alpha value is -1.52. The summed E-state index contributed by atoms with van der Waals surface area (Å²) in [5, 5.41) is 20.4. The van der Waals surface area contributed by atoms with Crippen molar-refractivity contribution < 1.29 is 19.7 Å². The van der Waals surface area contributed by atoms with Gasteiger partial charge in [0.1, 0.15) is 17.6 Å². The Morgan fingerprint density at radius 2 is 1.68 bits per heavy atom. The van der Waals surface area contributed by atoms with Crippen molar-refractivity contribution in [2.75, 3.05) is 14.2 Å². The second-order valence-electron chi connectivity index (χ2n) is 4.28. The smallest absolute Gasteiger partial charge is 0.125 e. The number of hydrogen-bond acceptors (Lipinski definition) is 4. The first-order valence-corrected chi connectivity index (χ1v) is 6.34. The normalized spacial score (nSPS) is 13.7. The van der Waals surface area contributed by atoms with Crippen molar-refractivity contribution in [2.24, 2.45) is 0 Å². The topological polar surface area (TPSA) is 58.9 Å². The first kappa shape index (κ1) is 15.5. The third kappa shape index (κ3) is 3.28. The summed E-state index contributed by atoms with van der Waals surface area (Å²) < 4.78 is 10.5. The average molecular weight is 266 g/mol. The maximum atomic E-state index is 10.3. The van der Waals surface area contributed by atoms with Gasteiger partial charge in [0, 0.05) is 11.1 Å². The Balaban J connectivity index is 3.46. The van der Waals surface area contributed by atoms with E-state index >= 15 is 0 Å². The molecule has 0 heterocycles. The van der Waals surface area contributed by atoms with Crippen molar-refractivity contribution in [3.8, 4) is 11.5 Å². The molecule has 0 aliphatic heterocycles. The molecule has 0 unspecified atom stereocenters. The molecule has 4 nitrogen and oxygen atoms in total. The zero-order valence-corrected chi connectivity index (χ0v) is 11.7. The monoisotopic (exact) mass is 266 g/mol. The molecule has 0 fully saturated rings. The van der Waals surface area contributed by atoms with Crippen LogP contribution in [0.25, 0.3) is 0 Å². The number of methoxy groups -OCH3 is 2. The Labute approximate surface area is 114 Å². The quantitative estimate of drug-likeness (QED) is 0.745. The van der Waals surface area contributed by atoms with E-state index in [-0.39, 0.29) is 0 Å². The molecule has 0 amide bonds. The van der Waals surface area contributed by atoms with Gasteiger partial charge in [-0.15, -0.1) is 6.58 Å². The Bertz CT molecular complexity index is 428. The SMILES string of the molecule is C=C[C@@H](O)c1c(OC)ccc(OC)c1[C@H](O)CCC. The Morgan fingerprint density at radius 3 is 2.11 bits per heavy atom. The van der Waals surface area contributed by atoms with E-state index in [4.69, 9.17) is 9.47 Å². The lowest BCUT2D eigenvalue weighted by atomic mass is 9.93. The molecule has 0 radical (unpaired) electrons. The molecule has 1 rings (SSSR count). The van der Waals surface area contributed by atoms with Gasteiger partial charge < -0.3 is 19.7 Å². The third-order valence-corrected chi connectivity index (χ3v) is 3.06. The van der Waals surface area contributed by atoms with Crippen LogP contribution in [0.3, 0.4) is 0 Å². The first-order chi connectivity index (χ1) is 9.10. The van der Waals surface area contributed by atoms with Crippen molar-refractivity contribution in [2.45, 2.75) is 32.0 Å². The molecule has 0 bridgehead atoms. The number of ether oxygens (including phenoxy) is 2. The minimum Gasteiger partial charge on any atom is -0.496 e. The van der Waals surface area contributed by atoms with E-state index < -0.39 is 12.2 Å². The van der Waals surface area contributed by atoms with E-state index in [0.717, 1.165) is 6.42 Å². The second kappa shape index (κ2) is 7.16. The zero-order chi connectivity index (χ0) is 14.4. The van der Waals surface area contributed by atoms with Crippen molar-refractivity contribution >= 4 is 0 Å². The van der Waals surface area contributed by atoms with Crippen LogP contribution < -0.4 is 9.47 Å². The lowest BCUT2D eigenvalue weighted by Crippen LogP contribution is -2.09. The largest absolute Gasteiger partial charge is 0.496 e. The molecule has 0 spiro atoms. The minimum atomic E-state index is -0.911. The molecule has 1 aromatic rings. The number of rotatable bonds is 7. The van der Waals surface area contributed by atoms with Crippen molar-refractivity contribution in [3.05, 3.63) is 35.9 Å². The van der Waals surface area contributed by atoms with Crippen molar-refractivity contribution in [3.63, 3.8) is 0 Å². The Kier molecular flexibility index (Phi) is 5.86. The van der Waals surface area contributed by atoms with E-state index in [1.165, 1.54) is 20.3 Å². The molecule has 0 saturated heterocycles. The van der Waals surface area contributed by atoms with E-state index in [1.54, 1.807) is 12.1 Å². The van der Waals surface area contributed by atoms with Crippen LogP contribution in [0.5, 0.6) is 11.5 Å². The molecule has 2 atom stereocenters. The van der Waals surface area contributed by atoms with Crippen molar-refractivity contribution in [1.29, 1.82) is 0 Å². The molecule has 2 N–H and O–H groups in total. The predicted molar refractivity (Wildman–Crippen MR) is 74.6 cm³/mol. The molecule has 0 saturated carbocycles. The predicted octanol–water partition coefficient (Wildman–Crippen LogP) is 2.76. The summed E-state index contributed by atoms with van der Waals surface area (Å²) in [6.45, 7) is 5.57. The minimum absolute atomic E-state index is 0.512. The summed E-state index contributed by atoms with van der Waals surface area (Å²) in [5.41, 5.74) is 1.08. The molecule has 19 heavy (non-hydrogen) atoms. The van der Waals surface area contributed by atoms with Gasteiger partial charge in [-0.2, -0.15) is 0 Å². The van der Waals surface area contributed by atoms with E-state index in [0.29, 0.717) is 29.0 Å². The van der Waals surface area contributed by atoms with Crippen LogP contribution >= 0.6 is 0 Å². The summed E-state index contributed by atoms with van der Waals surface area (Å²) in [4.78, 5) is 0. The molecular formula is C15H22O4. The lowest BCUT2D eigenvalue weighted by Gasteiger charge is -2.22. The van der Waals surface area contributed by atoms with Crippen LogP contribution in [-0.4, -0.2) is 24.4 Å². The van der Waals surface area contributed by atoms with E-state index in [9.17, 15) is 10.2 Å². The van der Waals surface area contributed by atoms with Gasteiger partial charge in [-0.25, -0.2) is 0 Å². The van der Waals surface area contributed by atoms with Gasteiger partial charge in [0.2, 0.25) is 0 Å². The van der Waals surface area contributed by atoms with Crippen LogP contribution in [0, 0.1) is 0 Å². The molecule has 1 aromatic carbocycles. The number of benzene rings is 1. The molecule has 4 heteroatoms.